The highest BCUT2D eigenvalue weighted by Crippen LogP contribution is 2.20. The van der Waals surface area contributed by atoms with Crippen molar-refractivity contribution in [2.75, 3.05) is 0 Å². The molecule has 0 amide bonds. The fourth-order valence-electron chi connectivity index (χ4n) is 1.95. The van der Waals surface area contributed by atoms with Gasteiger partial charge in [-0.3, -0.25) is 0 Å². The van der Waals surface area contributed by atoms with Gasteiger partial charge >= 0.3 is 0 Å². The zero-order valence-corrected chi connectivity index (χ0v) is 12.1. The molecule has 1 nitrogen and oxygen atoms in total. The van der Waals surface area contributed by atoms with Crippen LogP contribution in [0, 0.1) is 6.92 Å². The maximum atomic E-state index is 5.82. The molecule has 0 heterocycles. The summed E-state index contributed by atoms with van der Waals surface area (Å²) in [5, 5.41) is 0. The summed E-state index contributed by atoms with van der Waals surface area (Å²) < 4.78 is 5.82. The fraction of sp³-hybridized carbons (Fsp3) is 0.158. The number of ether oxygens (including phenoxy) is 1. The molecular formula is C19H20O. The Morgan fingerprint density at radius 3 is 2.55 bits per heavy atom. The first-order chi connectivity index (χ1) is 9.69. The molecule has 102 valence electrons. The van der Waals surface area contributed by atoms with Gasteiger partial charge in [-0.2, -0.15) is 0 Å². The lowest BCUT2D eigenvalue weighted by Gasteiger charge is -2.09. The predicted octanol–water partition coefficient (Wildman–Crippen LogP) is 5.16. The largest absolute Gasteiger partial charge is 0.489 e. The molecule has 2 aromatic carbocycles. The molecule has 1 heteroatoms. The van der Waals surface area contributed by atoms with E-state index in [-0.39, 0.29) is 0 Å². The molecule has 0 saturated carbocycles. The topological polar surface area (TPSA) is 9.23 Å². The molecule has 0 aromatic heterocycles. The molecule has 0 aliphatic rings. The summed E-state index contributed by atoms with van der Waals surface area (Å²) in [6.07, 6.45) is 3.99. The van der Waals surface area contributed by atoms with E-state index in [2.05, 4.69) is 43.8 Å². The van der Waals surface area contributed by atoms with Crippen LogP contribution >= 0.6 is 0 Å². The van der Waals surface area contributed by atoms with Crippen LogP contribution in [0.1, 0.15) is 23.6 Å². The molecule has 0 atom stereocenters. The summed E-state index contributed by atoms with van der Waals surface area (Å²) in [5.74, 6) is 0.903. The highest BCUT2D eigenvalue weighted by Gasteiger charge is 2.00. The van der Waals surface area contributed by atoms with Crippen LogP contribution in [-0.4, -0.2) is 0 Å². The summed E-state index contributed by atoms with van der Waals surface area (Å²) >= 11 is 0. The molecule has 0 unspecified atom stereocenters. The second-order valence-electron chi connectivity index (χ2n) is 4.89. The van der Waals surface area contributed by atoms with Gasteiger partial charge in [0.1, 0.15) is 12.4 Å². The quantitative estimate of drug-likeness (QED) is 0.677. The zero-order chi connectivity index (χ0) is 14.4. The van der Waals surface area contributed by atoms with Crippen LogP contribution in [0.5, 0.6) is 5.75 Å². The molecule has 2 rings (SSSR count). The van der Waals surface area contributed by atoms with Gasteiger partial charge in [-0.25, -0.2) is 0 Å². The second kappa shape index (κ2) is 6.76. The van der Waals surface area contributed by atoms with E-state index in [1.54, 1.807) is 0 Å². The van der Waals surface area contributed by atoms with Crippen LogP contribution in [0.3, 0.4) is 0 Å². The van der Waals surface area contributed by atoms with Crippen LogP contribution in [0.2, 0.25) is 0 Å². The molecular weight excluding hydrogens is 244 g/mol. The van der Waals surface area contributed by atoms with E-state index in [9.17, 15) is 0 Å². The average Bonchev–Trinajstić information content (AvgIpc) is 2.48. The Morgan fingerprint density at radius 2 is 1.90 bits per heavy atom. The summed E-state index contributed by atoms with van der Waals surface area (Å²) in [4.78, 5) is 0. The lowest BCUT2D eigenvalue weighted by molar-refractivity contribution is 0.306. The van der Waals surface area contributed by atoms with Crippen molar-refractivity contribution in [3.63, 3.8) is 0 Å². The Bertz CT molecular complexity index is 609. The van der Waals surface area contributed by atoms with Crippen LogP contribution in [-0.2, 0) is 6.61 Å². The normalized spacial score (nSPS) is 11.2. The highest BCUT2D eigenvalue weighted by molar-refractivity contribution is 5.59. The minimum Gasteiger partial charge on any atom is -0.489 e. The van der Waals surface area contributed by atoms with Crippen LogP contribution in [0.4, 0.5) is 0 Å². The van der Waals surface area contributed by atoms with Gasteiger partial charge in [-0.15, -0.1) is 0 Å². The molecule has 0 aliphatic carbocycles. The molecule has 0 aliphatic heterocycles. The summed E-state index contributed by atoms with van der Waals surface area (Å²) in [6.45, 7) is 8.52. The van der Waals surface area contributed by atoms with Crippen LogP contribution in [0.25, 0.3) is 6.08 Å². The van der Waals surface area contributed by atoms with E-state index >= 15 is 0 Å². The fourth-order valence-corrected chi connectivity index (χ4v) is 1.95. The summed E-state index contributed by atoms with van der Waals surface area (Å²) in [5.41, 5.74) is 4.74. The van der Waals surface area contributed by atoms with Crippen molar-refractivity contribution in [3.05, 3.63) is 83.4 Å². The van der Waals surface area contributed by atoms with Gasteiger partial charge in [0.25, 0.3) is 0 Å². The van der Waals surface area contributed by atoms with Gasteiger partial charge in [-0.05, 0) is 42.7 Å². The van der Waals surface area contributed by atoms with Gasteiger partial charge in [-0.1, -0.05) is 60.7 Å². The Hall–Kier alpha value is -2.28. The lowest BCUT2D eigenvalue weighted by Crippen LogP contribution is -1.95. The van der Waals surface area contributed by atoms with Crippen molar-refractivity contribution in [3.8, 4) is 5.75 Å². The molecule has 20 heavy (non-hydrogen) atoms. The third kappa shape index (κ3) is 3.86. The summed E-state index contributed by atoms with van der Waals surface area (Å²) in [7, 11) is 0. The minimum absolute atomic E-state index is 0.598. The van der Waals surface area contributed by atoms with Crippen LogP contribution < -0.4 is 4.74 Å². The molecule has 0 radical (unpaired) electrons. The molecule has 0 N–H and O–H groups in total. The highest BCUT2D eigenvalue weighted by atomic mass is 16.5. The monoisotopic (exact) mass is 264 g/mol. The van der Waals surface area contributed by atoms with Crippen molar-refractivity contribution >= 4 is 6.08 Å². The number of hydrogen-bond donors (Lipinski definition) is 0. The second-order valence-corrected chi connectivity index (χ2v) is 4.89. The van der Waals surface area contributed by atoms with Gasteiger partial charge in [0, 0.05) is 0 Å². The predicted molar refractivity (Wildman–Crippen MR) is 85.8 cm³/mol. The maximum Gasteiger partial charge on any atom is 0.120 e. The van der Waals surface area contributed by atoms with E-state index in [1.807, 2.05) is 37.3 Å². The van der Waals surface area contributed by atoms with E-state index in [1.165, 1.54) is 16.7 Å². The molecule has 0 spiro atoms. The Kier molecular flexibility index (Phi) is 4.78. The lowest BCUT2D eigenvalue weighted by atomic mass is 10.1. The number of rotatable bonds is 5. The SMILES string of the molecule is C=C/C(C)=C\c1ccc(OCc2ccccc2)cc1C. The smallest absolute Gasteiger partial charge is 0.120 e. The van der Waals surface area contributed by atoms with Crippen molar-refractivity contribution < 1.29 is 4.74 Å². The van der Waals surface area contributed by atoms with Gasteiger partial charge in [0.05, 0.1) is 0 Å². The molecule has 0 saturated heterocycles. The maximum absolute atomic E-state index is 5.82. The van der Waals surface area contributed by atoms with E-state index < -0.39 is 0 Å². The third-order valence-electron chi connectivity index (χ3n) is 3.19. The van der Waals surface area contributed by atoms with E-state index in [0.717, 1.165) is 11.3 Å². The number of hydrogen-bond acceptors (Lipinski definition) is 1. The third-order valence-corrected chi connectivity index (χ3v) is 3.19. The molecule has 2 aromatic rings. The molecule has 0 bridgehead atoms. The average molecular weight is 264 g/mol. The number of benzene rings is 2. The molecule has 0 fully saturated rings. The Labute approximate surface area is 121 Å². The van der Waals surface area contributed by atoms with Crippen molar-refractivity contribution in [1.82, 2.24) is 0 Å². The standard InChI is InChI=1S/C19H20O/c1-4-15(2)12-18-10-11-19(13-16(18)3)20-14-17-8-6-5-7-9-17/h4-13H,1,14H2,2-3H3/b15-12-. The minimum atomic E-state index is 0.598. The Balaban J connectivity index is 2.08. The van der Waals surface area contributed by atoms with Crippen molar-refractivity contribution in [2.24, 2.45) is 0 Å². The summed E-state index contributed by atoms with van der Waals surface area (Å²) in [6, 6.07) is 16.4. The zero-order valence-electron chi connectivity index (χ0n) is 12.1. The van der Waals surface area contributed by atoms with Gasteiger partial charge in [0.2, 0.25) is 0 Å². The van der Waals surface area contributed by atoms with Crippen LogP contribution in [0.15, 0.2) is 66.8 Å². The van der Waals surface area contributed by atoms with Gasteiger partial charge < -0.3 is 4.74 Å². The number of aryl methyl sites for hydroxylation is 1. The first-order valence-electron chi connectivity index (χ1n) is 6.77. The first-order valence-corrected chi connectivity index (χ1v) is 6.77. The number of allylic oxidation sites excluding steroid dienone is 2. The van der Waals surface area contributed by atoms with E-state index in [4.69, 9.17) is 4.74 Å². The van der Waals surface area contributed by atoms with Crippen molar-refractivity contribution in [2.45, 2.75) is 20.5 Å². The van der Waals surface area contributed by atoms with Gasteiger partial charge in [0.15, 0.2) is 0 Å². The first kappa shape index (κ1) is 14.1. The van der Waals surface area contributed by atoms with E-state index in [0.29, 0.717) is 6.61 Å². The van der Waals surface area contributed by atoms with Crippen molar-refractivity contribution in [1.29, 1.82) is 0 Å². The Morgan fingerprint density at radius 1 is 1.15 bits per heavy atom.